The summed E-state index contributed by atoms with van der Waals surface area (Å²) in [5.41, 5.74) is 0.124. The zero-order chi connectivity index (χ0) is 24.6. The van der Waals surface area contributed by atoms with Crippen molar-refractivity contribution in [2.75, 3.05) is 44.2 Å². The number of halogens is 1. The van der Waals surface area contributed by atoms with Gasteiger partial charge in [0.05, 0.1) is 11.2 Å². The van der Waals surface area contributed by atoms with Crippen LogP contribution < -0.4 is 10.3 Å². The molecule has 1 saturated heterocycles. The van der Waals surface area contributed by atoms with Gasteiger partial charge in [0.25, 0.3) is 0 Å². The quantitative estimate of drug-likeness (QED) is 0.441. The van der Waals surface area contributed by atoms with E-state index in [1.807, 2.05) is 9.80 Å². The van der Waals surface area contributed by atoms with Crippen LogP contribution in [0.1, 0.15) is 36.2 Å². The number of ether oxygens (including phenoxy) is 1. The molecule has 0 radical (unpaired) electrons. The molecular formula is C24H28FN3O6. The smallest absolute Gasteiger partial charge is 0.341 e. The average molecular weight is 474 g/mol. The summed E-state index contributed by atoms with van der Waals surface area (Å²) in [6, 6.07) is 2.89. The van der Waals surface area contributed by atoms with Gasteiger partial charge in [-0.2, -0.15) is 0 Å². The van der Waals surface area contributed by atoms with Crippen LogP contribution in [0.4, 0.5) is 10.1 Å². The Morgan fingerprint density at radius 2 is 1.91 bits per heavy atom. The standard InChI is InChI=1S/C24H28FN3O6/c1-14(2)24(33)34-13-16(29)11-26-5-7-27(8-6-26)21-10-20-17(9-19(21)25)22(30)18(23(31)32)12-28(20)15-3-4-15/h9-10,12,15-16,29H,1,3-8,11,13H2,2H3,(H,31,32). The minimum absolute atomic E-state index is 0.0686. The number of pyridine rings is 1. The first-order valence-corrected chi connectivity index (χ1v) is 11.3. The highest BCUT2D eigenvalue weighted by molar-refractivity contribution is 5.93. The molecule has 2 fully saturated rings. The number of aliphatic hydroxyl groups is 1. The number of hydrogen-bond donors (Lipinski definition) is 2. The Morgan fingerprint density at radius 1 is 1.24 bits per heavy atom. The van der Waals surface area contributed by atoms with Gasteiger partial charge >= 0.3 is 11.9 Å². The molecule has 9 nitrogen and oxygen atoms in total. The van der Waals surface area contributed by atoms with Crippen molar-refractivity contribution >= 4 is 28.5 Å². The van der Waals surface area contributed by atoms with E-state index in [0.29, 0.717) is 43.9 Å². The van der Waals surface area contributed by atoms with Crippen LogP contribution in [0, 0.1) is 5.82 Å². The Labute approximate surface area is 195 Å². The third-order valence-corrected chi connectivity index (χ3v) is 6.21. The lowest BCUT2D eigenvalue weighted by Crippen LogP contribution is -2.49. The van der Waals surface area contributed by atoms with Gasteiger partial charge in [0.2, 0.25) is 5.43 Å². The van der Waals surface area contributed by atoms with Crippen LogP contribution in [0.3, 0.4) is 0 Å². The number of β-amino-alcohol motifs (C(OH)–C–C–N with tert-alkyl or cyclic N) is 1. The number of carbonyl (C=O) groups excluding carboxylic acids is 1. The summed E-state index contributed by atoms with van der Waals surface area (Å²) in [7, 11) is 0. The van der Waals surface area contributed by atoms with Gasteiger partial charge in [0.1, 0.15) is 24.1 Å². The first-order valence-electron chi connectivity index (χ1n) is 11.3. The van der Waals surface area contributed by atoms with Crippen LogP contribution >= 0.6 is 0 Å². The molecule has 34 heavy (non-hydrogen) atoms. The van der Waals surface area contributed by atoms with Crippen LogP contribution in [-0.4, -0.2) is 77.1 Å². The average Bonchev–Trinajstić information content (AvgIpc) is 3.63. The normalized spacial score (nSPS) is 17.6. The first kappa shape index (κ1) is 23.9. The van der Waals surface area contributed by atoms with Crippen molar-refractivity contribution in [2.24, 2.45) is 0 Å². The molecule has 1 unspecified atom stereocenters. The number of benzene rings is 1. The van der Waals surface area contributed by atoms with Gasteiger partial charge in [0.15, 0.2) is 0 Å². The maximum atomic E-state index is 15.1. The van der Waals surface area contributed by atoms with Crippen molar-refractivity contribution in [3.05, 3.63) is 52.1 Å². The molecule has 2 aliphatic rings. The number of aromatic carboxylic acids is 1. The van der Waals surface area contributed by atoms with E-state index < -0.39 is 29.3 Å². The summed E-state index contributed by atoms with van der Waals surface area (Å²) < 4.78 is 21.8. The third-order valence-electron chi connectivity index (χ3n) is 6.21. The van der Waals surface area contributed by atoms with E-state index in [1.54, 1.807) is 10.6 Å². The first-order chi connectivity index (χ1) is 16.2. The number of carbonyl (C=O) groups is 2. The molecule has 0 amide bonds. The van der Waals surface area contributed by atoms with E-state index in [2.05, 4.69) is 6.58 Å². The van der Waals surface area contributed by atoms with Crippen LogP contribution in [0.5, 0.6) is 0 Å². The number of carboxylic acid groups (broad SMARTS) is 1. The number of piperazine rings is 1. The molecular weight excluding hydrogens is 445 g/mol. The third kappa shape index (κ3) is 4.97. The fourth-order valence-electron chi connectivity index (χ4n) is 4.23. The van der Waals surface area contributed by atoms with Gasteiger partial charge in [0, 0.05) is 55.9 Å². The van der Waals surface area contributed by atoms with Crippen molar-refractivity contribution in [1.82, 2.24) is 9.47 Å². The van der Waals surface area contributed by atoms with Crippen molar-refractivity contribution in [3.8, 4) is 0 Å². The zero-order valence-corrected chi connectivity index (χ0v) is 19.0. The van der Waals surface area contributed by atoms with Crippen LogP contribution in [-0.2, 0) is 9.53 Å². The summed E-state index contributed by atoms with van der Waals surface area (Å²) >= 11 is 0. The van der Waals surface area contributed by atoms with Crippen LogP contribution in [0.15, 0.2) is 35.3 Å². The monoisotopic (exact) mass is 473 g/mol. The van der Waals surface area contributed by atoms with Crippen LogP contribution in [0.25, 0.3) is 10.9 Å². The predicted molar refractivity (Wildman–Crippen MR) is 124 cm³/mol. The van der Waals surface area contributed by atoms with Gasteiger partial charge < -0.3 is 24.4 Å². The molecule has 0 spiro atoms. The van der Waals surface area contributed by atoms with Crippen molar-refractivity contribution in [3.63, 3.8) is 0 Å². The number of hydrogen-bond acceptors (Lipinski definition) is 7. The van der Waals surface area contributed by atoms with E-state index in [0.717, 1.165) is 18.9 Å². The molecule has 2 N–H and O–H groups in total. The Hall–Kier alpha value is -3.24. The van der Waals surface area contributed by atoms with Gasteiger partial charge in [-0.1, -0.05) is 6.58 Å². The molecule has 0 bridgehead atoms. The molecule has 10 heteroatoms. The minimum Gasteiger partial charge on any atom is -0.477 e. The van der Waals surface area contributed by atoms with E-state index >= 15 is 4.39 Å². The molecule has 2 heterocycles. The number of anilines is 1. The summed E-state index contributed by atoms with van der Waals surface area (Å²) in [5, 5.41) is 19.6. The van der Waals surface area contributed by atoms with E-state index in [4.69, 9.17) is 4.74 Å². The molecule has 1 saturated carbocycles. The summed E-state index contributed by atoms with van der Waals surface area (Å²) in [6.07, 6.45) is 2.29. The maximum absolute atomic E-state index is 15.1. The van der Waals surface area contributed by atoms with Crippen molar-refractivity contribution < 1.29 is 28.9 Å². The fraction of sp³-hybridized carbons (Fsp3) is 0.458. The van der Waals surface area contributed by atoms with Gasteiger partial charge in [-0.25, -0.2) is 14.0 Å². The SMILES string of the molecule is C=C(C)C(=O)OCC(O)CN1CCN(c2cc3c(cc2F)c(=O)c(C(=O)O)cn3C2CC2)CC1. The number of carboxylic acids is 1. The number of nitrogens with zero attached hydrogens (tertiary/aromatic N) is 3. The summed E-state index contributed by atoms with van der Waals surface area (Å²) in [6.45, 7) is 7.36. The minimum atomic E-state index is -1.32. The van der Waals surface area contributed by atoms with Crippen LogP contribution in [0.2, 0.25) is 0 Å². The Morgan fingerprint density at radius 3 is 2.50 bits per heavy atom. The molecule has 1 aromatic heterocycles. The largest absolute Gasteiger partial charge is 0.477 e. The second kappa shape index (κ2) is 9.55. The molecule has 182 valence electrons. The van der Waals surface area contributed by atoms with Crippen molar-refractivity contribution in [2.45, 2.75) is 31.9 Å². The lowest BCUT2D eigenvalue weighted by molar-refractivity contribution is -0.142. The molecule has 1 aliphatic heterocycles. The Balaban J connectivity index is 1.48. The predicted octanol–water partition coefficient (Wildman–Crippen LogP) is 1.78. The highest BCUT2D eigenvalue weighted by Gasteiger charge is 2.28. The second-order valence-corrected chi connectivity index (χ2v) is 8.96. The zero-order valence-electron chi connectivity index (χ0n) is 19.0. The van der Waals surface area contributed by atoms with E-state index in [9.17, 15) is 24.6 Å². The number of fused-ring (bicyclic) bond motifs is 1. The van der Waals surface area contributed by atoms with E-state index in [-0.39, 0.29) is 29.2 Å². The maximum Gasteiger partial charge on any atom is 0.341 e. The van der Waals surface area contributed by atoms with E-state index in [1.165, 1.54) is 13.1 Å². The lowest BCUT2D eigenvalue weighted by Gasteiger charge is -2.37. The van der Waals surface area contributed by atoms with Gasteiger partial charge in [-0.05, 0) is 31.9 Å². The molecule has 4 rings (SSSR count). The molecule has 1 atom stereocenters. The number of rotatable bonds is 8. The summed E-state index contributed by atoms with van der Waals surface area (Å²) in [4.78, 5) is 39.5. The number of aliphatic hydroxyl groups excluding tert-OH is 1. The highest BCUT2D eigenvalue weighted by atomic mass is 19.1. The lowest BCUT2D eigenvalue weighted by atomic mass is 10.1. The second-order valence-electron chi connectivity index (χ2n) is 8.96. The van der Waals surface area contributed by atoms with Gasteiger partial charge in [-0.15, -0.1) is 0 Å². The topological polar surface area (TPSA) is 112 Å². The number of esters is 1. The summed E-state index contributed by atoms with van der Waals surface area (Å²) in [5.74, 6) is -2.44. The fourth-order valence-corrected chi connectivity index (χ4v) is 4.23. The highest BCUT2D eigenvalue weighted by Crippen LogP contribution is 2.38. The Bertz CT molecular complexity index is 1200. The van der Waals surface area contributed by atoms with Gasteiger partial charge in [-0.3, -0.25) is 9.69 Å². The molecule has 1 aliphatic carbocycles. The molecule has 2 aromatic rings. The number of aromatic nitrogens is 1. The van der Waals surface area contributed by atoms with Crippen molar-refractivity contribution in [1.29, 1.82) is 0 Å². The molecule has 1 aromatic carbocycles. The Kier molecular flexibility index (Phi) is 6.72.